The zero-order valence-electron chi connectivity index (χ0n) is 12.8. The van der Waals surface area contributed by atoms with Crippen molar-refractivity contribution in [2.24, 2.45) is 5.92 Å². The fraction of sp³-hybridized carbons (Fsp3) is 1.00. The van der Waals surface area contributed by atoms with E-state index in [0.717, 1.165) is 24.0 Å². The molecule has 3 atom stereocenters. The number of nitrogens with one attached hydrogen (secondary N) is 1. The van der Waals surface area contributed by atoms with E-state index in [1.54, 1.807) is 0 Å². The minimum absolute atomic E-state index is 0.724. The van der Waals surface area contributed by atoms with E-state index in [2.05, 4.69) is 29.0 Å². The molecule has 3 aliphatic heterocycles. The Labute approximate surface area is 118 Å². The van der Waals surface area contributed by atoms with Crippen LogP contribution >= 0.6 is 0 Å². The van der Waals surface area contributed by atoms with Crippen molar-refractivity contribution in [1.82, 2.24) is 15.1 Å². The van der Waals surface area contributed by atoms with Gasteiger partial charge in [0.25, 0.3) is 0 Å². The van der Waals surface area contributed by atoms with Crippen LogP contribution in [0.4, 0.5) is 0 Å². The molecule has 3 nitrogen and oxygen atoms in total. The molecule has 3 unspecified atom stereocenters. The highest BCUT2D eigenvalue weighted by Crippen LogP contribution is 2.29. The average Bonchev–Trinajstić information content (AvgIpc) is 2.67. The summed E-state index contributed by atoms with van der Waals surface area (Å²) in [5.74, 6) is 0.943. The number of likely N-dealkylation sites (tertiary alicyclic amines) is 2. The molecule has 110 valence electrons. The highest BCUT2D eigenvalue weighted by Gasteiger charge is 2.37. The molecule has 3 heterocycles. The number of fused-ring (bicyclic) bond motifs is 1. The SMILES string of the molecule is CC(C)N1CCCC(N2CC3CCCNC3C2)CC1. The van der Waals surface area contributed by atoms with Crippen molar-refractivity contribution in [3.8, 4) is 0 Å². The first-order valence-electron chi connectivity index (χ1n) is 8.45. The van der Waals surface area contributed by atoms with Crippen LogP contribution in [0.2, 0.25) is 0 Å². The van der Waals surface area contributed by atoms with Gasteiger partial charge in [0.05, 0.1) is 0 Å². The van der Waals surface area contributed by atoms with Crippen LogP contribution in [0.1, 0.15) is 46.0 Å². The van der Waals surface area contributed by atoms with E-state index >= 15 is 0 Å². The van der Waals surface area contributed by atoms with Gasteiger partial charge in [0.15, 0.2) is 0 Å². The first-order valence-corrected chi connectivity index (χ1v) is 8.45. The van der Waals surface area contributed by atoms with Crippen LogP contribution in [-0.4, -0.2) is 60.6 Å². The van der Waals surface area contributed by atoms with Crippen LogP contribution < -0.4 is 5.32 Å². The van der Waals surface area contributed by atoms with Crippen LogP contribution in [-0.2, 0) is 0 Å². The minimum atomic E-state index is 0.724. The predicted octanol–water partition coefficient (Wildman–Crippen LogP) is 1.93. The van der Waals surface area contributed by atoms with Crippen LogP contribution in [0.3, 0.4) is 0 Å². The zero-order valence-corrected chi connectivity index (χ0v) is 12.8. The Morgan fingerprint density at radius 3 is 2.68 bits per heavy atom. The summed E-state index contributed by atoms with van der Waals surface area (Å²) in [6, 6.07) is 2.39. The smallest absolute Gasteiger partial charge is 0.0235 e. The Hall–Kier alpha value is -0.120. The normalized spacial score (nSPS) is 38.4. The Morgan fingerprint density at radius 1 is 1.00 bits per heavy atom. The third-order valence-corrected chi connectivity index (χ3v) is 5.61. The molecule has 1 N–H and O–H groups in total. The molecular formula is C16H31N3. The van der Waals surface area contributed by atoms with E-state index in [1.807, 2.05) is 0 Å². The topological polar surface area (TPSA) is 18.5 Å². The van der Waals surface area contributed by atoms with Crippen LogP contribution in [0.5, 0.6) is 0 Å². The van der Waals surface area contributed by atoms with Crippen molar-refractivity contribution in [3.63, 3.8) is 0 Å². The van der Waals surface area contributed by atoms with Crippen molar-refractivity contribution in [3.05, 3.63) is 0 Å². The van der Waals surface area contributed by atoms with Crippen molar-refractivity contribution in [2.75, 3.05) is 32.7 Å². The summed E-state index contributed by atoms with van der Waals surface area (Å²) in [5.41, 5.74) is 0. The number of nitrogens with zero attached hydrogens (tertiary/aromatic N) is 2. The van der Waals surface area contributed by atoms with Crippen molar-refractivity contribution < 1.29 is 0 Å². The van der Waals surface area contributed by atoms with Crippen molar-refractivity contribution >= 4 is 0 Å². The third kappa shape index (κ3) is 3.14. The molecule has 19 heavy (non-hydrogen) atoms. The van der Waals surface area contributed by atoms with E-state index in [0.29, 0.717) is 0 Å². The highest BCUT2D eigenvalue weighted by molar-refractivity contribution is 4.94. The first-order chi connectivity index (χ1) is 9.24. The number of hydrogen-bond donors (Lipinski definition) is 1. The second-order valence-electron chi connectivity index (χ2n) is 7.13. The molecule has 0 aliphatic carbocycles. The van der Waals surface area contributed by atoms with Gasteiger partial charge in [0.2, 0.25) is 0 Å². The summed E-state index contributed by atoms with van der Waals surface area (Å²) < 4.78 is 0. The second kappa shape index (κ2) is 6.11. The molecule has 3 saturated heterocycles. The molecule has 0 amide bonds. The summed E-state index contributed by atoms with van der Waals surface area (Å²) >= 11 is 0. The lowest BCUT2D eigenvalue weighted by Gasteiger charge is -2.28. The third-order valence-electron chi connectivity index (χ3n) is 5.61. The van der Waals surface area contributed by atoms with Crippen molar-refractivity contribution in [1.29, 1.82) is 0 Å². The number of piperidine rings is 1. The largest absolute Gasteiger partial charge is 0.312 e. The lowest BCUT2D eigenvalue weighted by Crippen LogP contribution is -2.41. The van der Waals surface area contributed by atoms with Gasteiger partial charge in [-0.1, -0.05) is 0 Å². The van der Waals surface area contributed by atoms with E-state index in [9.17, 15) is 0 Å². The summed E-state index contributed by atoms with van der Waals surface area (Å²) in [7, 11) is 0. The van der Waals surface area contributed by atoms with Gasteiger partial charge in [-0.3, -0.25) is 4.90 Å². The predicted molar refractivity (Wildman–Crippen MR) is 80.4 cm³/mol. The van der Waals surface area contributed by atoms with E-state index < -0.39 is 0 Å². The lowest BCUT2D eigenvalue weighted by atomic mass is 9.94. The Balaban J connectivity index is 1.55. The van der Waals surface area contributed by atoms with Gasteiger partial charge < -0.3 is 10.2 Å². The molecule has 3 rings (SSSR count). The minimum Gasteiger partial charge on any atom is -0.312 e. The van der Waals surface area contributed by atoms with Gasteiger partial charge >= 0.3 is 0 Å². The number of hydrogen-bond acceptors (Lipinski definition) is 3. The van der Waals surface area contributed by atoms with Gasteiger partial charge in [0.1, 0.15) is 0 Å². The molecular weight excluding hydrogens is 234 g/mol. The maximum Gasteiger partial charge on any atom is 0.0235 e. The van der Waals surface area contributed by atoms with Gasteiger partial charge in [-0.2, -0.15) is 0 Å². The standard InChI is InChI=1S/C16H31N3/c1-13(2)18-9-4-6-15(7-10-18)19-11-14-5-3-8-17-16(14)12-19/h13-17H,3-12H2,1-2H3. The first kappa shape index (κ1) is 13.8. The molecule has 0 saturated carbocycles. The molecule has 3 fully saturated rings. The monoisotopic (exact) mass is 265 g/mol. The Kier molecular flexibility index (Phi) is 4.45. The quantitative estimate of drug-likeness (QED) is 0.823. The van der Waals surface area contributed by atoms with Gasteiger partial charge in [0, 0.05) is 31.2 Å². The zero-order chi connectivity index (χ0) is 13.2. The van der Waals surface area contributed by atoms with Gasteiger partial charge in [-0.15, -0.1) is 0 Å². The fourth-order valence-electron chi connectivity index (χ4n) is 4.36. The summed E-state index contributed by atoms with van der Waals surface area (Å²) in [5, 5.41) is 3.74. The molecule has 3 aliphatic rings. The molecule has 0 spiro atoms. The maximum atomic E-state index is 3.74. The Morgan fingerprint density at radius 2 is 1.89 bits per heavy atom. The summed E-state index contributed by atoms with van der Waals surface area (Å²) in [4.78, 5) is 5.48. The average molecular weight is 265 g/mol. The molecule has 3 heteroatoms. The van der Waals surface area contributed by atoms with E-state index in [-0.39, 0.29) is 0 Å². The highest BCUT2D eigenvalue weighted by atomic mass is 15.2. The van der Waals surface area contributed by atoms with Crippen molar-refractivity contribution in [2.45, 2.75) is 64.1 Å². The van der Waals surface area contributed by atoms with E-state index in [4.69, 9.17) is 0 Å². The Bertz CT molecular complexity index is 278. The summed E-state index contributed by atoms with van der Waals surface area (Å²) in [6.07, 6.45) is 7.04. The van der Waals surface area contributed by atoms with Crippen LogP contribution in [0, 0.1) is 5.92 Å². The second-order valence-corrected chi connectivity index (χ2v) is 7.13. The van der Waals surface area contributed by atoms with Gasteiger partial charge in [-0.25, -0.2) is 0 Å². The maximum absolute atomic E-state index is 3.74. The lowest BCUT2D eigenvalue weighted by molar-refractivity contribution is 0.195. The fourth-order valence-corrected chi connectivity index (χ4v) is 4.36. The summed E-state index contributed by atoms with van der Waals surface area (Å²) in [6.45, 7) is 11.2. The molecule has 0 aromatic heterocycles. The molecule has 0 radical (unpaired) electrons. The van der Waals surface area contributed by atoms with E-state index in [1.165, 1.54) is 64.8 Å². The molecule has 0 aromatic carbocycles. The van der Waals surface area contributed by atoms with Crippen LogP contribution in [0.15, 0.2) is 0 Å². The molecule has 0 bridgehead atoms. The van der Waals surface area contributed by atoms with Crippen LogP contribution in [0.25, 0.3) is 0 Å². The molecule has 0 aromatic rings. The van der Waals surface area contributed by atoms with Gasteiger partial charge in [-0.05, 0) is 71.5 Å². The number of rotatable bonds is 2.